The van der Waals surface area contributed by atoms with E-state index in [1.54, 1.807) is 0 Å². The van der Waals surface area contributed by atoms with Crippen LogP contribution in [0.25, 0.3) is 0 Å². The Bertz CT molecular complexity index is 251. The van der Waals surface area contributed by atoms with E-state index in [1.807, 2.05) is 0 Å². The molecule has 2 nitrogen and oxygen atoms in total. The molecule has 0 radical (unpaired) electrons. The van der Waals surface area contributed by atoms with Crippen LogP contribution >= 0.6 is 0 Å². The van der Waals surface area contributed by atoms with Gasteiger partial charge in [0.2, 0.25) is 0 Å². The fourth-order valence-corrected chi connectivity index (χ4v) is 2.07. The van der Waals surface area contributed by atoms with E-state index in [9.17, 15) is 4.79 Å². The summed E-state index contributed by atoms with van der Waals surface area (Å²) in [5.41, 5.74) is 0. The number of ether oxygens (including phenoxy) is 1. The molecule has 0 aromatic heterocycles. The SMILES string of the molecule is COC(=O)[C@H]1[C@@H]2C=CC[C@H]1C=C2. The van der Waals surface area contributed by atoms with Gasteiger partial charge in [-0.25, -0.2) is 0 Å². The Labute approximate surface area is 71.9 Å². The molecule has 0 fully saturated rings. The Morgan fingerprint density at radius 3 is 2.92 bits per heavy atom. The minimum atomic E-state index is -0.0700. The Hall–Kier alpha value is -1.05. The number of esters is 1. The van der Waals surface area contributed by atoms with E-state index in [1.165, 1.54) is 7.11 Å². The van der Waals surface area contributed by atoms with E-state index in [4.69, 9.17) is 4.74 Å². The van der Waals surface area contributed by atoms with E-state index in [2.05, 4.69) is 24.3 Å². The summed E-state index contributed by atoms with van der Waals surface area (Å²) in [6.45, 7) is 0. The van der Waals surface area contributed by atoms with Gasteiger partial charge in [-0.3, -0.25) is 4.79 Å². The lowest BCUT2D eigenvalue weighted by Gasteiger charge is -2.23. The summed E-state index contributed by atoms with van der Waals surface area (Å²) >= 11 is 0. The summed E-state index contributed by atoms with van der Waals surface area (Å²) in [6, 6.07) is 0. The first kappa shape index (κ1) is 7.59. The summed E-state index contributed by atoms with van der Waals surface area (Å²) in [4.78, 5) is 11.3. The van der Waals surface area contributed by atoms with Crippen LogP contribution in [-0.4, -0.2) is 13.1 Å². The zero-order valence-electron chi connectivity index (χ0n) is 7.07. The second kappa shape index (κ2) is 2.77. The van der Waals surface area contributed by atoms with Crippen molar-refractivity contribution < 1.29 is 9.53 Å². The van der Waals surface area contributed by atoms with Gasteiger partial charge in [0.15, 0.2) is 0 Å². The molecule has 0 unspecified atom stereocenters. The van der Waals surface area contributed by atoms with Crippen LogP contribution in [0.15, 0.2) is 24.3 Å². The van der Waals surface area contributed by atoms with Crippen molar-refractivity contribution >= 4 is 5.97 Å². The molecule has 0 heterocycles. The maximum Gasteiger partial charge on any atom is 0.310 e. The van der Waals surface area contributed by atoms with Crippen molar-refractivity contribution in [2.45, 2.75) is 6.42 Å². The molecule has 0 amide bonds. The second-order valence-electron chi connectivity index (χ2n) is 3.34. The number of allylic oxidation sites excluding steroid dienone is 4. The average molecular weight is 164 g/mol. The second-order valence-corrected chi connectivity index (χ2v) is 3.34. The van der Waals surface area contributed by atoms with Crippen molar-refractivity contribution in [3.63, 3.8) is 0 Å². The van der Waals surface area contributed by atoms with Gasteiger partial charge in [0, 0.05) is 5.92 Å². The molecule has 0 saturated carbocycles. The third kappa shape index (κ3) is 0.986. The number of hydrogen-bond acceptors (Lipinski definition) is 2. The number of fused-ring (bicyclic) bond motifs is 2. The topological polar surface area (TPSA) is 26.3 Å². The van der Waals surface area contributed by atoms with Crippen LogP contribution in [0, 0.1) is 17.8 Å². The van der Waals surface area contributed by atoms with Crippen molar-refractivity contribution in [3.8, 4) is 0 Å². The van der Waals surface area contributed by atoms with E-state index in [0.717, 1.165) is 6.42 Å². The summed E-state index contributed by atoms with van der Waals surface area (Å²) in [6.07, 6.45) is 9.46. The molecule has 0 aliphatic heterocycles. The highest BCUT2D eigenvalue weighted by Gasteiger charge is 2.37. The Kier molecular flexibility index (Phi) is 1.75. The van der Waals surface area contributed by atoms with Crippen molar-refractivity contribution in [1.82, 2.24) is 0 Å². The van der Waals surface area contributed by atoms with Crippen LogP contribution in [-0.2, 0) is 9.53 Å². The molecule has 0 spiro atoms. The van der Waals surface area contributed by atoms with Crippen LogP contribution in [0.2, 0.25) is 0 Å². The van der Waals surface area contributed by atoms with Crippen LogP contribution < -0.4 is 0 Å². The molecule has 0 aromatic rings. The summed E-state index contributed by atoms with van der Waals surface area (Å²) in [5.74, 6) is 0.656. The predicted octanol–water partition coefficient (Wildman–Crippen LogP) is 1.54. The van der Waals surface area contributed by atoms with Gasteiger partial charge in [-0.05, 0) is 12.3 Å². The molecule has 64 valence electrons. The summed E-state index contributed by atoms with van der Waals surface area (Å²) < 4.78 is 4.76. The first-order valence-electron chi connectivity index (χ1n) is 4.26. The lowest BCUT2D eigenvalue weighted by atomic mass is 9.82. The number of carbonyl (C=O) groups excluding carboxylic acids is 1. The fraction of sp³-hybridized carbons (Fsp3) is 0.500. The van der Waals surface area contributed by atoms with E-state index >= 15 is 0 Å². The number of hydrogen-bond donors (Lipinski definition) is 0. The first-order chi connectivity index (χ1) is 5.83. The summed E-state index contributed by atoms with van der Waals surface area (Å²) in [7, 11) is 1.46. The van der Waals surface area contributed by atoms with E-state index in [-0.39, 0.29) is 17.8 Å². The van der Waals surface area contributed by atoms with Gasteiger partial charge < -0.3 is 4.74 Å². The predicted molar refractivity (Wildman–Crippen MR) is 45.4 cm³/mol. The van der Waals surface area contributed by atoms with Gasteiger partial charge in [0.25, 0.3) is 0 Å². The van der Waals surface area contributed by atoms with E-state index < -0.39 is 0 Å². The molecule has 2 heteroatoms. The van der Waals surface area contributed by atoms with Crippen LogP contribution in [0.4, 0.5) is 0 Å². The molecule has 0 N–H and O–H groups in total. The van der Waals surface area contributed by atoms with Gasteiger partial charge in [-0.15, -0.1) is 0 Å². The van der Waals surface area contributed by atoms with Gasteiger partial charge in [0.05, 0.1) is 13.0 Å². The largest absolute Gasteiger partial charge is 0.469 e. The highest BCUT2D eigenvalue weighted by atomic mass is 16.5. The van der Waals surface area contributed by atoms with Gasteiger partial charge >= 0.3 is 5.97 Å². The summed E-state index contributed by atoms with van der Waals surface area (Å²) in [5, 5.41) is 0. The van der Waals surface area contributed by atoms with Crippen LogP contribution in [0.3, 0.4) is 0 Å². The number of methoxy groups -OCH3 is 1. The van der Waals surface area contributed by atoms with Crippen LogP contribution in [0.5, 0.6) is 0 Å². The Morgan fingerprint density at radius 1 is 1.42 bits per heavy atom. The normalized spacial score (nSPS) is 36.9. The van der Waals surface area contributed by atoms with Crippen LogP contribution in [0.1, 0.15) is 6.42 Å². The maximum atomic E-state index is 11.3. The molecular formula is C10H12O2. The van der Waals surface area contributed by atoms with Crippen molar-refractivity contribution in [2.24, 2.45) is 17.8 Å². The van der Waals surface area contributed by atoms with Gasteiger partial charge in [-0.2, -0.15) is 0 Å². The van der Waals surface area contributed by atoms with Gasteiger partial charge in [-0.1, -0.05) is 24.3 Å². The highest BCUT2D eigenvalue weighted by molar-refractivity contribution is 5.75. The van der Waals surface area contributed by atoms with Crippen molar-refractivity contribution in [2.75, 3.05) is 7.11 Å². The number of rotatable bonds is 1. The molecule has 2 rings (SSSR count). The zero-order valence-corrected chi connectivity index (χ0v) is 7.07. The molecule has 2 aliphatic rings. The fourth-order valence-electron chi connectivity index (χ4n) is 2.07. The van der Waals surface area contributed by atoms with E-state index in [0.29, 0.717) is 5.92 Å². The monoisotopic (exact) mass is 164 g/mol. The lowest BCUT2D eigenvalue weighted by Crippen LogP contribution is -2.27. The minimum absolute atomic E-state index is 0.0556. The smallest absolute Gasteiger partial charge is 0.310 e. The minimum Gasteiger partial charge on any atom is -0.469 e. The molecule has 2 bridgehead atoms. The molecule has 0 saturated heterocycles. The molecule has 3 atom stereocenters. The first-order valence-corrected chi connectivity index (χ1v) is 4.26. The Balaban J connectivity index is 2.20. The van der Waals surface area contributed by atoms with Crippen molar-refractivity contribution in [3.05, 3.63) is 24.3 Å². The lowest BCUT2D eigenvalue weighted by molar-refractivity contribution is -0.147. The third-order valence-corrected chi connectivity index (χ3v) is 2.70. The quantitative estimate of drug-likeness (QED) is 0.434. The molecule has 2 aliphatic carbocycles. The Morgan fingerprint density at radius 2 is 2.25 bits per heavy atom. The molecular weight excluding hydrogens is 152 g/mol. The van der Waals surface area contributed by atoms with Gasteiger partial charge in [0.1, 0.15) is 0 Å². The zero-order chi connectivity index (χ0) is 8.55. The third-order valence-electron chi connectivity index (χ3n) is 2.70. The highest BCUT2D eigenvalue weighted by Crippen LogP contribution is 2.38. The standard InChI is InChI=1S/C10H12O2/c1-12-10(11)9-7-3-2-4-8(9)6-5-7/h2-3,5-9H,4H2,1H3/t7-,8+,9+/m1/s1. The molecule has 12 heavy (non-hydrogen) atoms. The average Bonchev–Trinajstić information content (AvgIpc) is 2.35. The molecule has 0 aromatic carbocycles. The van der Waals surface area contributed by atoms with Crippen molar-refractivity contribution in [1.29, 1.82) is 0 Å². The maximum absolute atomic E-state index is 11.3. The number of carbonyl (C=O) groups is 1.